The highest BCUT2D eigenvalue weighted by molar-refractivity contribution is 9.10. The van der Waals surface area contributed by atoms with Crippen LogP contribution in [0.1, 0.15) is 43.9 Å². The summed E-state index contributed by atoms with van der Waals surface area (Å²) < 4.78 is 1.02. The number of rotatable bonds is 3. The Morgan fingerprint density at radius 2 is 2.14 bits per heavy atom. The summed E-state index contributed by atoms with van der Waals surface area (Å²) in [6.45, 7) is 2.47. The Morgan fingerprint density at radius 3 is 2.71 bits per heavy atom. The molecule has 1 saturated carbocycles. The number of hydrogen-bond donors (Lipinski definition) is 1. The van der Waals surface area contributed by atoms with Crippen molar-refractivity contribution in [3.05, 3.63) is 20.8 Å². The number of hydrogen-bond acceptors (Lipinski definition) is 3. The lowest BCUT2D eigenvalue weighted by molar-refractivity contribution is -0.158. The van der Waals surface area contributed by atoms with E-state index in [9.17, 15) is 9.59 Å². The van der Waals surface area contributed by atoms with Crippen LogP contribution in [0.15, 0.2) is 15.9 Å². The van der Waals surface area contributed by atoms with Crippen LogP contribution in [0.3, 0.4) is 0 Å². The minimum absolute atomic E-state index is 0.0409. The van der Waals surface area contributed by atoms with Gasteiger partial charge >= 0.3 is 0 Å². The molecule has 0 aromatic carbocycles. The van der Waals surface area contributed by atoms with Crippen molar-refractivity contribution in [3.63, 3.8) is 0 Å². The maximum Gasteiger partial charge on any atom is 0.246 e. The van der Waals surface area contributed by atoms with Crippen LogP contribution in [0.25, 0.3) is 0 Å². The third-order valence-electron chi connectivity index (χ3n) is 4.64. The molecule has 2 aliphatic rings. The molecule has 1 spiro atoms. The molecule has 1 aliphatic heterocycles. The van der Waals surface area contributed by atoms with E-state index in [0.29, 0.717) is 13.0 Å². The predicted molar refractivity (Wildman–Crippen MR) is 86.0 cm³/mol. The van der Waals surface area contributed by atoms with Crippen LogP contribution in [0.4, 0.5) is 0 Å². The van der Waals surface area contributed by atoms with Gasteiger partial charge in [-0.25, -0.2) is 0 Å². The molecule has 3 rings (SSSR count). The molecular weight excluding hydrogens is 352 g/mol. The van der Waals surface area contributed by atoms with Crippen molar-refractivity contribution >= 4 is 39.1 Å². The van der Waals surface area contributed by atoms with Crippen LogP contribution >= 0.6 is 27.3 Å². The summed E-state index contributed by atoms with van der Waals surface area (Å²) in [5.41, 5.74) is -0.619. The molecule has 6 heteroatoms. The Balaban J connectivity index is 1.96. The minimum Gasteiger partial charge on any atom is -0.342 e. The summed E-state index contributed by atoms with van der Waals surface area (Å²) in [5, 5.41) is 4.94. The van der Waals surface area contributed by atoms with Crippen LogP contribution in [-0.2, 0) is 16.1 Å². The molecule has 1 aromatic heterocycles. The zero-order valence-corrected chi connectivity index (χ0v) is 14.4. The summed E-state index contributed by atoms with van der Waals surface area (Å²) in [7, 11) is 0. The van der Waals surface area contributed by atoms with Gasteiger partial charge in [-0.05, 0) is 46.6 Å². The Labute approximate surface area is 137 Å². The lowest BCUT2D eigenvalue weighted by Crippen LogP contribution is -2.69. The predicted octanol–water partition coefficient (Wildman–Crippen LogP) is 3.06. The fourth-order valence-corrected chi connectivity index (χ4v) is 4.89. The smallest absolute Gasteiger partial charge is 0.246 e. The lowest BCUT2D eigenvalue weighted by atomic mass is 9.89. The van der Waals surface area contributed by atoms with E-state index in [4.69, 9.17) is 0 Å². The summed E-state index contributed by atoms with van der Waals surface area (Å²) >= 11 is 5.15. The summed E-state index contributed by atoms with van der Waals surface area (Å²) in [6, 6.07) is 1.62. The lowest BCUT2D eigenvalue weighted by Gasteiger charge is -2.46. The van der Waals surface area contributed by atoms with Crippen LogP contribution in [-0.4, -0.2) is 28.3 Å². The van der Waals surface area contributed by atoms with Gasteiger partial charge in [0.25, 0.3) is 0 Å². The fourth-order valence-electron chi connectivity index (χ4n) is 3.42. The second kappa shape index (κ2) is 5.72. The van der Waals surface area contributed by atoms with Gasteiger partial charge in [0.2, 0.25) is 11.8 Å². The second-order valence-electron chi connectivity index (χ2n) is 5.79. The molecule has 1 atom stereocenters. The first-order valence-electron chi connectivity index (χ1n) is 7.43. The SMILES string of the molecule is CCC1NC(=O)C2(CCCC2)N(Cc2sccc2Br)C1=O. The Morgan fingerprint density at radius 1 is 1.43 bits per heavy atom. The third-order valence-corrected chi connectivity index (χ3v) is 6.55. The van der Waals surface area contributed by atoms with Crippen LogP contribution in [0.5, 0.6) is 0 Å². The number of amides is 2. The van der Waals surface area contributed by atoms with Crippen molar-refractivity contribution in [2.24, 2.45) is 0 Å². The maximum absolute atomic E-state index is 12.8. The van der Waals surface area contributed by atoms with E-state index in [-0.39, 0.29) is 17.9 Å². The van der Waals surface area contributed by atoms with Crippen LogP contribution < -0.4 is 5.32 Å². The van der Waals surface area contributed by atoms with Crippen molar-refractivity contribution in [2.75, 3.05) is 0 Å². The van der Waals surface area contributed by atoms with Crippen molar-refractivity contribution in [2.45, 2.75) is 57.2 Å². The number of nitrogens with zero attached hydrogens (tertiary/aromatic N) is 1. The number of piperazine rings is 1. The van der Waals surface area contributed by atoms with Gasteiger partial charge in [-0.2, -0.15) is 0 Å². The van der Waals surface area contributed by atoms with Crippen molar-refractivity contribution in [1.29, 1.82) is 0 Å². The van der Waals surface area contributed by atoms with Gasteiger partial charge < -0.3 is 10.2 Å². The van der Waals surface area contributed by atoms with E-state index in [0.717, 1.165) is 35.0 Å². The van der Waals surface area contributed by atoms with Crippen LogP contribution in [0, 0.1) is 0 Å². The Bertz CT molecular complexity index is 566. The first-order chi connectivity index (χ1) is 10.1. The molecule has 0 bridgehead atoms. The molecule has 2 heterocycles. The normalized spacial score (nSPS) is 24.7. The van der Waals surface area contributed by atoms with Crippen molar-refractivity contribution in [1.82, 2.24) is 10.2 Å². The molecule has 1 N–H and O–H groups in total. The standard InChI is InChI=1S/C15H19BrN2O2S/c1-2-11-13(19)18(9-12-10(16)5-8-21-12)15(14(20)17-11)6-3-4-7-15/h5,8,11H,2-4,6-7,9H2,1H3,(H,17,20). The molecule has 4 nitrogen and oxygen atoms in total. The third kappa shape index (κ3) is 2.42. The second-order valence-corrected chi connectivity index (χ2v) is 7.64. The number of nitrogens with one attached hydrogen (secondary N) is 1. The number of thiophene rings is 1. The summed E-state index contributed by atoms with van der Waals surface area (Å²) in [5.74, 6) is 0.110. The highest BCUT2D eigenvalue weighted by atomic mass is 79.9. The summed E-state index contributed by atoms with van der Waals surface area (Å²) in [6.07, 6.45) is 4.23. The molecule has 2 fully saturated rings. The van der Waals surface area contributed by atoms with Gasteiger partial charge in [-0.1, -0.05) is 19.8 Å². The molecule has 0 radical (unpaired) electrons. The minimum atomic E-state index is -0.619. The molecule has 2 amide bonds. The zero-order chi connectivity index (χ0) is 15.0. The highest BCUT2D eigenvalue weighted by Crippen LogP contribution is 2.40. The maximum atomic E-state index is 12.8. The van der Waals surface area contributed by atoms with Gasteiger partial charge in [0, 0.05) is 9.35 Å². The molecule has 21 heavy (non-hydrogen) atoms. The largest absolute Gasteiger partial charge is 0.342 e. The molecule has 1 saturated heterocycles. The molecule has 114 valence electrons. The van der Waals surface area contributed by atoms with Gasteiger partial charge in [0.1, 0.15) is 11.6 Å². The van der Waals surface area contributed by atoms with Gasteiger partial charge in [-0.3, -0.25) is 9.59 Å². The van der Waals surface area contributed by atoms with Gasteiger partial charge in [0.15, 0.2) is 0 Å². The zero-order valence-electron chi connectivity index (χ0n) is 12.0. The van der Waals surface area contributed by atoms with Crippen molar-refractivity contribution in [3.8, 4) is 0 Å². The molecule has 1 aromatic rings. The van der Waals surface area contributed by atoms with Crippen LogP contribution in [0.2, 0.25) is 0 Å². The first-order valence-corrected chi connectivity index (χ1v) is 9.10. The molecule has 1 aliphatic carbocycles. The number of carbonyl (C=O) groups is 2. The average molecular weight is 371 g/mol. The monoisotopic (exact) mass is 370 g/mol. The molecule has 1 unspecified atom stereocenters. The van der Waals surface area contributed by atoms with E-state index >= 15 is 0 Å². The number of carbonyl (C=O) groups excluding carboxylic acids is 2. The first kappa shape index (κ1) is 15.0. The van der Waals surface area contributed by atoms with E-state index < -0.39 is 5.54 Å². The highest BCUT2D eigenvalue weighted by Gasteiger charge is 2.53. The quantitative estimate of drug-likeness (QED) is 0.888. The summed E-state index contributed by atoms with van der Waals surface area (Å²) in [4.78, 5) is 28.4. The topological polar surface area (TPSA) is 49.4 Å². The van der Waals surface area contributed by atoms with Crippen molar-refractivity contribution < 1.29 is 9.59 Å². The van der Waals surface area contributed by atoms with Gasteiger partial charge in [0.05, 0.1) is 6.54 Å². The molecular formula is C15H19BrN2O2S. The van der Waals surface area contributed by atoms with E-state index in [1.807, 2.05) is 23.3 Å². The Kier molecular flexibility index (Phi) is 4.10. The number of halogens is 1. The average Bonchev–Trinajstić information content (AvgIpc) is 3.10. The van der Waals surface area contributed by atoms with E-state index in [1.54, 1.807) is 11.3 Å². The van der Waals surface area contributed by atoms with Gasteiger partial charge in [-0.15, -0.1) is 11.3 Å². The Hall–Kier alpha value is -0.880. The fraction of sp³-hybridized carbons (Fsp3) is 0.600. The van der Waals surface area contributed by atoms with E-state index in [2.05, 4.69) is 21.2 Å². The van der Waals surface area contributed by atoms with E-state index in [1.165, 1.54) is 0 Å².